The molecule has 7 heteroatoms. The number of rotatable bonds is 8. The maximum Gasteiger partial charge on any atom is 0.321 e. The third-order valence-electron chi connectivity index (χ3n) is 3.44. The smallest absolute Gasteiger partial charge is 0.321 e. The Morgan fingerprint density at radius 1 is 1.33 bits per heavy atom. The van der Waals surface area contributed by atoms with Gasteiger partial charge in [0.05, 0.1) is 14.2 Å². The van der Waals surface area contributed by atoms with Gasteiger partial charge < -0.3 is 15.0 Å². The summed E-state index contributed by atoms with van der Waals surface area (Å²) < 4.78 is 18.5. The summed E-state index contributed by atoms with van der Waals surface area (Å²) in [7, 11) is 3.21. The second-order valence-electron chi connectivity index (χ2n) is 6.27. The molecule has 0 aliphatic carbocycles. The maximum absolute atomic E-state index is 13.6. The van der Waals surface area contributed by atoms with Crippen molar-refractivity contribution < 1.29 is 23.6 Å². The van der Waals surface area contributed by atoms with Crippen LogP contribution in [0.5, 0.6) is 5.75 Å². The first-order valence-corrected chi connectivity index (χ1v) is 8.03. The number of carbonyl (C=O) groups excluding carboxylic acids is 2. The lowest BCUT2D eigenvalue weighted by atomic mass is 10.1. The van der Waals surface area contributed by atoms with E-state index in [1.54, 1.807) is 19.2 Å². The molecule has 24 heavy (non-hydrogen) atoms. The SMILES string of the molecule is COc1ccc(C[NH+](C)CC(=O)NC(=O)NCCC(C)C)cc1F. The van der Waals surface area contributed by atoms with Crippen LogP contribution in [-0.2, 0) is 11.3 Å². The van der Waals surface area contributed by atoms with Gasteiger partial charge in [0, 0.05) is 12.1 Å². The molecule has 0 spiro atoms. The van der Waals surface area contributed by atoms with Crippen LogP contribution in [0.4, 0.5) is 9.18 Å². The van der Waals surface area contributed by atoms with Crippen LogP contribution in [-0.4, -0.2) is 39.2 Å². The van der Waals surface area contributed by atoms with Gasteiger partial charge in [-0.05, 0) is 30.5 Å². The number of methoxy groups -OCH3 is 1. The van der Waals surface area contributed by atoms with Crippen molar-refractivity contribution in [3.05, 3.63) is 29.6 Å². The zero-order valence-electron chi connectivity index (χ0n) is 14.7. The van der Waals surface area contributed by atoms with Gasteiger partial charge in [0.15, 0.2) is 18.1 Å². The van der Waals surface area contributed by atoms with Crippen LogP contribution >= 0.6 is 0 Å². The number of benzene rings is 1. The molecule has 0 aliphatic heterocycles. The molecule has 0 aliphatic rings. The molecule has 3 amide bonds. The van der Waals surface area contributed by atoms with Crippen molar-refractivity contribution >= 4 is 11.9 Å². The van der Waals surface area contributed by atoms with Crippen molar-refractivity contribution in [2.45, 2.75) is 26.8 Å². The second-order valence-corrected chi connectivity index (χ2v) is 6.27. The van der Waals surface area contributed by atoms with Crippen LogP contribution in [0.15, 0.2) is 18.2 Å². The molecule has 6 nitrogen and oxygen atoms in total. The molecule has 1 unspecified atom stereocenters. The first-order chi connectivity index (χ1) is 11.3. The van der Waals surface area contributed by atoms with E-state index in [4.69, 9.17) is 4.74 Å². The first-order valence-electron chi connectivity index (χ1n) is 8.03. The molecule has 0 radical (unpaired) electrons. The van der Waals surface area contributed by atoms with Gasteiger partial charge >= 0.3 is 6.03 Å². The van der Waals surface area contributed by atoms with Gasteiger partial charge in [0.1, 0.15) is 6.54 Å². The molecule has 0 heterocycles. The van der Waals surface area contributed by atoms with Gasteiger partial charge in [-0.25, -0.2) is 9.18 Å². The van der Waals surface area contributed by atoms with E-state index in [2.05, 4.69) is 24.5 Å². The van der Waals surface area contributed by atoms with Crippen molar-refractivity contribution in [3.63, 3.8) is 0 Å². The summed E-state index contributed by atoms with van der Waals surface area (Å²) in [5.41, 5.74) is 0.750. The minimum absolute atomic E-state index is 0.116. The van der Waals surface area contributed by atoms with E-state index in [0.29, 0.717) is 19.0 Å². The molecule has 3 N–H and O–H groups in total. The van der Waals surface area contributed by atoms with Gasteiger partial charge in [-0.15, -0.1) is 0 Å². The van der Waals surface area contributed by atoms with E-state index in [9.17, 15) is 14.0 Å². The number of hydrogen-bond acceptors (Lipinski definition) is 3. The topological polar surface area (TPSA) is 71.9 Å². The van der Waals surface area contributed by atoms with Gasteiger partial charge in [-0.3, -0.25) is 10.1 Å². The fourth-order valence-electron chi connectivity index (χ4n) is 2.19. The van der Waals surface area contributed by atoms with Crippen molar-refractivity contribution in [3.8, 4) is 5.75 Å². The highest BCUT2D eigenvalue weighted by atomic mass is 19.1. The molecule has 1 aromatic carbocycles. The third kappa shape index (κ3) is 7.41. The molecule has 0 fully saturated rings. The Labute approximate surface area is 142 Å². The maximum atomic E-state index is 13.6. The Bertz CT molecular complexity index is 564. The molecule has 1 aromatic rings. The summed E-state index contributed by atoms with van der Waals surface area (Å²) in [6, 6.07) is 4.21. The number of quaternary nitrogens is 1. The highest BCUT2D eigenvalue weighted by Crippen LogP contribution is 2.16. The van der Waals surface area contributed by atoms with Crippen LogP contribution in [0.3, 0.4) is 0 Å². The molecule has 0 bridgehead atoms. The molecule has 134 valence electrons. The molecule has 0 saturated carbocycles. The van der Waals surface area contributed by atoms with Gasteiger partial charge in [0.2, 0.25) is 0 Å². The second kappa shape index (κ2) is 9.87. The lowest BCUT2D eigenvalue weighted by Gasteiger charge is -2.14. The summed E-state index contributed by atoms with van der Waals surface area (Å²) in [6.07, 6.45) is 0.857. The summed E-state index contributed by atoms with van der Waals surface area (Å²) >= 11 is 0. The molecule has 0 aromatic heterocycles. The lowest BCUT2D eigenvalue weighted by molar-refractivity contribution is -0.885. The minimum atomic E-state index is -0.482. The number of halogens is 1. The molecule has 1 rings (SSSR count). The average molecular weight is 340 g/mol. The zero-order chi connectivity index (χ0) is 18.1. The van der Waals surface area contributed by atoms with Crippen LogP contribution < -0.4 is 20.3 Å². The number of likely N-dealkylation sites (N-methyl/N-ethyl adjacent to an activating group) is 1. The molecular formula is C17H27FN3O3+. The standard InChI is InChI=1S/C17H26FN3O3/c1-12(2)7-8-19-17(23)20-16(22)11-21(3)10-13-5-6-15(24-4)14(18)9-13/h5-6,9,12H,7-8,10-11H2,1-4H3,(H2,19,20,22,23)/p+1. The van der Waals surface area contributed by atoms with E-state index in [-0.39, 0.29) is 18.2 Å². The lowest BCUT2D eigenvalue weighted by Crippen LogP contribution is -3.09. The Balaban J connectivity index is 2.38. The number of imide groups is 1. The predicted molar refractivity (Wildman–Crippen MR) is 89.4 cm³/mol. The van der Waals surface area contributed by atoms with E-state index < -0.39 is 11.8 Å². The highest BCUT2D eigenvalue weighted by Gasteiger charge is 2.14. The molecule has 0 saturated heterocycles. The summed E-state index contributed by atoms with van der Waals surface area (Å²) in [4.78, 5) is 24.2. The number of nitrogens with one attached hydrogen (secondary N) is 3. The van der Waals surface area contributed by atoms with Crippen molar-refractivity contribution in [1.29, 1.82) is 0 Å². The number of ether oxygens (including phenoxy) is 1. The fraction of sp³-hybridized carbons (Fsp3) is 0.529. The monoisotopic (exact) mass is 340 g/mol. The van der Waals surface area contributed by atoms with Crippen LogP contribution in [0.2, 0.25) is 0 Å². The summed E-state index contributed by atoms with van der Waals surface area (Å²) in [5.74, 6) is -0.131. The number of amides is 3. The van der Waals surface area contributed by atoms with Crippen molar-refractivity contribution in [1.82, 2.24) is 10.6 Å². The van der Waals surface area contributed by atoms with Gasteiger partial charge in [-0.2, -0.15) is 0 Å². The van der Waals surface area contributed by atoms with E-state index >= 15 is 0 Å². The summed E-state index contributed by atoms with van der Waals surface area (Å²) in [6.45, 7) is 5.23. The van der Waals surface area contributed by atoms with E-state index in [0.717, 1.165) is 16.9 Å². The minimum Gasteiger partial charge on any atom is -0.494 e. The average Bonchev–Trinajstić information content (AvgIpc) is 2.46. The Hall–Kier alpha value is -2.15. The largest absolute Gasteiger partial charge is 0.494 e. The number of urea groups is 1. The van der Waals surface area contributed by atoms with Crippen LogP contribution in [0, 0.1) is 11.7 Å². The Morgan fingerprint density at radius 3 is 2.62 bits per heavy atom. The van der Waals surface area contributed by atoms with Gasteiger partial charge in [-0.1, -0.05) is 13.8 Å². The molecule has 1 atom stereocenters. The Morgan fingerprint density at radius 2 is 2.04 bits per heavy atom. The fourth-order valence-corrected chi connectivity index (χ4v) is 2.19. The highest BCUT2D eigenvalue weighted by molar-refractivity contribution is 5.94. The third-order valence-corrected chi connectivity index (χ3v) is 3.44. The normalized spacial score (nSPS) is 11.9. The van der Waals surface area contributed by atoms with E-state index in [1.807, 2.05) is 0 Å². The zero-order valence-corrected chi connectivity index (χ0v) is 14.7. The van der Waals surface area contributed by atoms with Crippen molar-refractivity contribution in [2.75, 3.05) is 27.2 Å². The molecular weight excluding hydrogens is 313 g/mol. The van der Waals surface area contributed by atoms with Crippen LogP contribution in [0.1, 0.15) is 25.8 Å². The first kappa shape index (κ1) is 19.9. The van der Waals surface area contributed by atoms with E-state index in [1.165, 1.54) is 13.2 Å². The van der Waals surface area contributed by atoms with Crippen LogP contribution in [0.25, 0.3) is 0 Å². The van der Waals surface area contributed by atoms with Crippen molar-refractivity contribution in [2.24, 2.45) is 5.92 Å². The number of hydrogen-bond donors (Lipinski definition) is 3. The number of carbonyl (C=O) groups is 2. The van der Waals surface area contributed by atoms with Gasteiger partial charge in [0.25, 0.3) is 5.91 Å². The summed E-state index contributed by atoms with van der Waals surface area (Å²) in [5, 5.41) is 4.94. The quantitative estimate of drug-likeness (QED) is 0.653. The Kier molecular flexibility index (Phi) is 8.18. The predicted octanol–water partition coefficient (Wildman–Crippen LogP) is 0.721.